The van der Waals surface area contributed by atoms with Crippen LogP contribution in [0.1, 0.15) is 26.3 Å². The molecule has 0 saturated carbocycles. The van der Waals surface area contributed by atoms with E-state index in [4.69, 9.17) is 21.1 Å². The van der Waals surface area contributed by atoms with Crippen LogP contribution < -0.4 is 4.74 Å². The second-order valence-corrected chi connectivity index (χ2v) is 5.02. The standard InChI is InChI=1S/C14H16ClNO5/c1-4-20-13(17)14(2,3)21-11-5-6-12(15)10(9-11)7-8-16(18)19/h5-9H,4H2,1-3H3/b8-7+. The highest BCUT2D eigenvalue weighted by atomic mass is 35.5. The van der Waals surface area contributed by atoms with Crippen molar-refractivity contribution >= 4 is 23.6 Å². The lowest BCUT2D eigenvalue weighted by molar-refractivity contribution is -0.400. The molecule has 0 aliphatic heterocycles. The predicted molar refractivity (Wildman–Crippen MR) is 78.8 cm³/mol. The Morgan fingerprint density at radius 3 is 2.71 bits per heavy atom. The van der Waals surface area contributed by atoms with Crippen LogP contribution in [-0.4, -0.2) is 23.1 Å². The van der Waals surface area contributed by atoms with Crippen molar-refractivity contribution in [2.24, 2.45) is 0 Å². The molecule has 114 valence electrons. The number of nitro groups is 1. The van der Waals surface area contributed by atoms with E-state index in [9.17, 15) is 14.9 Å². The SMILES string of the molecule is CCOC(=O)C(C)(C)Oc1ccc(Cl)c(/C=C/[N+](=O)[O-])c1. The summed E-state index contributed by atoms with van der Waals surface area (Å²) in [5.41, 5.74) is -0.751. The third-order valence-corrected chi connectivity index (χ3v) is 2.83. The molecule has 6 nitrogen and oxygen atoms in total. The van der Waals surface area contributed by atoms with Crippen molar-refractivity contribution in [1.29, 1.82) is 0 Å². The lowest BCUT2D eigenvalue weighted by Gasteiger charge is -2.24. The molecular weight excluding hydrogens is 298 g/mol. The number of carbonyl (C=O) groups is 1. The number of halogens is 1. The molecule has 0 N–H and O–H groups in total. The van der Waals surface area contributed by atoms with Crippen LogP contribution in [-0.2, 0) is 9.53 Å². The molecule has 0 aliphatic carbocycles. The lowest BCUT2D eigenvalue weighted by Crippen LogP contribution is -2.39. The third-order valence-electron chi connectivity index (χ3n) is 2.48. The molecule has 1 aromatic rings. The number of nitrogens with zero attached hydrogens (tertiary/aromatic N) is 1. The molecule has 1 rings (SSSR count). The topological polar surface area (TPSA) is 78.7 Å². The largest absolute Gasteiger partial charge is 0.476 e. The Morgan fingerprint density at radius 2 is 2.14 bits per heavy atom. The second-order valence-electron chi connectivity index (χ2n) is 4.62. The molecule has 0 saturated heterocycles. The fourth-order valence-corrected chi connectivity index (χ4v) is 1.68. The summed E-state index contributed by atoms with van der Waals surface area (Å²) < 4.78 is 10.5. The number of hydrogen-bond acceptors (Lipinski definition) is 5. The van der Waals surface area contributed by atoms with Crippen LogP contribution in [0, 0.1) is 10.1 Å². The van der Waals surface area contributed by atoms with Crippen molar-refractivity contribution in [2.75, 3.05) is 6.61 Å². The molecule has 0 heterocycles. The third kappa shape index (κ3) is 5.07. The quantitative estimate of drug-likeness (QED) is 0.457. The van der Waals surface area contributed by atoms with Gasteiger partial charge in [0.05, 0.1) is 11.5 Å². The van der Waals surface area contributed by atoms with Crippen molar-refractivity contribution in [3.63, 3.8) is 0 Å². The highest BCUT2D eigenvalue weighted by Crippen LogP contribution is 2.26. The van der Waals surface area contributed by atoms with Crippen LogP contribution in [0.25, 0.3) is 6.08 Å². The zero-order chi connectivity index (χ0) is 16.0. The zero-order valence-corrected chi connectivity index (χ0v) is 12.7. The summed E-state index contributed by atoms with van der Waals surface area (Å²) in [6.07, 6.45) is 2.04. The first kappa shape index (κ1) is 17.0. The molecule has 0 aromatic heterocycles. The summed E-state index contributed by atoms with van der Waals surface area (Å²) in [6.45, 7) is 5.11. The summed E-state index contributed by atoms with van der Waals surface area (Å²) in [5, 5.41) is 10.7. The van der Waals surface area contributed by atoms with Crippen LogP contribution in [0.4, 0.5) is 0 Å². The predicted octanol–water partition coefficient (Wildman–Crippen LogP) is 3.31. The number of hydrogen-bond donors (Lipinski definition) is 0. The maximum Gasteiger partial charge on any atom is 0.349 e. The van der Waals surface area contributed by atoms with Crippen molar-refractivity contribution in [2.45, 2.75) is 26.4 Å². The fourth-order valence-electron chi connectivity index (χ4n) is 1.50. The minimum Gasteiger partial charge on any atom is -0.476 e. The summed E-state index contributed by atoms with van der Waals surface area (Å²) in [5.74, 6) is -0.136. The molecule has 0 bridgehead atoms. The first-order chi connectivity index (χ1) is 9.76. The smallest absolute Gasteiger partial charge is 0.349 e. The summed E-state index contributed by atoms with van der Waals surface area (Å²) in [6, 6.07) is 4.63. The van der Waals surface area contributed by atoms with Crippen LogP contribution >= 0.6 is 11.6 Å². The Morgan fingerprint density at radius 1 is 1.48 bits per heavy atom. The van der Waals surface area contributed by atoms with E-state index in [0.29, 0.717) is 16.3 Å². The molecule has 0 spiro atoms. The number of benzene rings is 1. The zero-order valence-electron chi connectivity index (χ0n) is 12.0. The minimum absolute atomic E-state index is 0.253. The van der Waals surface area contributed by atoms with Crippen LogP contribution in [0.5, 0.6) is 5.75 Å². The van der Waals surface area contributed by atoms with Gasteiger partial charge in [-0.25, -0.2) is 4.79 Å². The maximum absolute atomic E-state index is 11.8. The minimum atomic E-state index is -1.17. The molecule has 0 unspecified atom stereocenters. The van der Waals surface area contributed by atoms with Gasteiger partial charge in [0.25, 0.3) is 0 Å². The molecule has 7 heteroatoms. The molecule has 0 radical (unpaired) electrons. The van der Waals surface area contributed by atoms with E-state index in [-0.39, 0.29) is 6.61 Å². The van der Waals surface area contributed by atoms with Gasteiger partial charge in [0.15, 0.2) is 5.60 Å². The Labute approximate surface area is 127 Å². The Balaban J connectivity index is 2.97. The molecule has 0 amide bonds. The monoisotopic (exact) mass is 313 g/mol. The Hall–Kier alpha value is -2.08. The van der Waals surface area contributed by atoms with E-state index in [1.54, 1.807) is 26.8 Å². The first-order valence-corrected chi connectivity index (χ1v) is 6.61. The summed E-state index contributed by atoms with van der Waals surface area (Å²) >= 11 is 5.94. The number of ether oxygens (including phenoxy) is 2. The van der Waals surface area contributed by atoms with Gasteiger partial charge >= 0.3 is 5.97 Å². The van der Waals surface area contributed by atoms with Gasteiger partial charge in [-0.2, -0.15) is 0 Å². The fraction of sp³-hybridized carbons (Fsp3) is 0.357. The van der Waals surface area contributed by atoms with Gasteiger partial charge in [-0.05, 0) is 39.0 Å². The molecular formula is C14H16ClNO5. The second kappa shape index (κ2) is 7.08. The average Bonchev–Trinajstić information content (AvgIpc) is 2.39. The number of rotatable bonds is 6. The molecule has 0 fully saturated rings. The summed E-state index contributed by atoms with van der Waals surface area (Å²) in [4.78, 5) is 21.5. The molecule has 0 aliphatic rings. The van der Waals surface area contributed by atoms with Gasteiger partial charge in [0.1, 0.15) is 5.75 Å². The van der Waals surface area contributed by atoms with Crippen molar-refractivity contribution in [1.82, 2.24) is 0 Å². The normalized spacial score (nSPS) is 11.4. The van der Waals surface area contributed by atoms with E-state index in [1.165, 1.54) is 18.2 Å². The number of carbonyl (C=O) groups excluding carboxylic acids is 1. The molecule has 0 atom stereocenters. The van der Waals surface area contributed by atoms with E-state index < -0.39 is 16.5 Å². The average molecular weight is 314 g/mol. The first-order valence-electron chi connectivity index (χ1n) is 6.23. The van der Waals surface area contributed by atoms with Crippen LogP contribution in [0.2, 0.25) is 5.02 Å². The van der Waals surface area contributed by atoms with Gasteiger partial charge in [0, 0.05) is 16.7 Å². The highest BCUT2D eigenvalue weighted by molar-refractivity contribution is 6.32. The van der Waals surface area contributed by atoms with Gasteiger partial charge < -0.3 is 9.47 Å². The molecule has 21 heavy (non-hydrogen) atoms. The van der Waals surface area contributed by atoms with Crippen LogP contribution in [0.15, 0.2) is 24.4 Å². The number of esters is 1. The van der Waals surface area contributed by atoms with Gasteiger partial charge in [-0.15, -0.1) is 0 Å². The lowest BCUT2D eigenvalue weighted by atomic mass is 10.1. The Kier molecular flexibility index (Phi) is 5.72. The van der Waals surface area contributed by atoms with E-state index >= 15 is 0 Å². The van der Waals surface area contributed by atoms with Gasteiger partial charge in [0.2, 0.25) is 6.20 Å². The van der Waals surface area contributed by atoms with E-state index in [0.717, 1.165) is 6.20 Å². The van der Waals surface area contributed by atoms with E-state index in [1.807, 2.05) is 0 Å². The summed E-state index contributed by atoms with van der Waals surface area (Å²) in [7, 11) is 0. The van der Waals surface area contributed by atoms with Gasteiger partial charge in [-0.3, -0.25) is 10.1 Å². The van der Waals surface area contributed by atoms with Crippen molar-refractivity contribution < 1.29 is 19.2 Å². The Bertz CT molecular complexity index is 568. The van der Waals surface area contributed by atoms with E-state index in [2.05, 4.69) is 0 Å². The molecule has 1 aromatic carbocycles. The van der Waals surface area contributed by atoms with Crippen molar-refractivity contribution in [3.8, 4) is 5.75 Å². The van der Waals surface area contributed by atoms with Crippen LogP contribution in [0.3, 0.4) is 0 Å². The maximum atomic E-state index is 11.8. The highest BCUT2D eigenvalue weighted by Gasteiger charge is 2.31. The van der Waals surface area contributed by atoms with Crippen molar-refractivity contribution in [3.05, 3.63) is 45.1 Å². The van der Waals surface area contributed by atoms with Gasteiger partial charge in [-0.1, -0.05) is 11.6 Å².